The van der Waals surface area contributed by atoms with E-state index in [1.165, 1.54) is 23.1 Å². The summed E-state index contributed by atoms with van der Waals surface area (Å²) in [7, 11) is 0. The number of halogens is 1. The summed E-state index contributed by atoms with van der Waals surface area (Å²) in [5, 5.41) is 5.68. The van der Waals surface area contributed by atoms with E-state index >= 15 is 0 Å². The monoisotopic (exact) mass is 489 g/mol. The maximum atomic E-state index is 15.0. The predicted molar refractivity (Wildman–Crippen MR) is 127 cm³/mol. The number of rotatable bonds is 8. The quantitative estimate of drug-likeness (QED) is 0.548. The standard InChI is InChI=1S/C26H36FN3O5/c27-22-13-5-4-12-21(22)23(24(31)28-16-19-10-6-14-34-19)30(17-20-11-7-15-35-20)26(33)25(32)29-18-8-2-1-3-9-18/h4-5,12-13,18-20,23H,1-3,6-11,14-17H2,(H,28,31)(H,29,32)/t19-,20-,23-/m0/s1. The summed E-state index contributed by atoms with van der Waals surface area (Å²) >= 11 is 0. The summed E-state index contributed by atoms with van der Waals surface area (Å²) < 4.78 is 26.3. The van der Waals surface area contributed by atoms with Crippen LogP contribution in [0.5, 0.6) is 0 Å². The molecule has 9 heteroatoms. The van der Waals surface area contributed by atoms with Crippen molar-refractivity contribution in [1.29, 1.82) is 0 Å². The lowest BCUT2D eigenvalue weighted by atomic mass is 9.95. The lowest BCUT2D eigenvalue weighted by Crippen LogP contribution is -2.53. The first kappa shape index (κ1) is 25.6. The highest BCUT2D eigenvalue weighted by atomic mass is 19.1. The van der Waals surface area contributed by atoms with Crippen LogP contribution in [0.3, 0.4) is 0 Å². The van der Waals surface area contributed by atoms with Gasteiger partial charge in [-0.05, 0) is 44.6 Å². The molecule has 1 aromatic rings. The van der Waals surface area contributed by atoms with E-state index in [1.807, 2.05) is 0 Å². The number of nitrogens with zero attached hydrogens (tertiary/aromatic N) is 1. The van der Waals surface area contributed by atoms with E-state index in [0.717, 1.165) is 51.4 Å². The van der Waals surface area contributed by atoms with Crippen LogP contribution in [0.4, 0.5) is 4.39 Å². The first-order valence-corrected chi connectivity index (χ1v) is 12.9. The van der Waals surface area contributed by atoms with Crippen molar-refractivity contribution in [2.24, 2.45) is 0 Å². The van der Waals surface area contributed by atoms with Gasteiger partial charge in [-0.3, -0.25) is 14.4 Å². The Hall–Kier alpha value is -2.52. The molecule has 1 saturated carbocycles. The van der Waals surface area contributed by atoms with Gasteiger partial charge in [0.1, 0.15) is 11.9 Å². The third kappa shape index (κ3) is 6.79. The molecule has 0 radical (unpaired) electrons. The van der Waals surface area contributed by atoms with E-state index in [-0.39, 0.29) is 36.9 Å². The molecule has 0 spiro atoms. The molecule has 2 aliphatic heterocycles. The van der Waals surface area contributed by atoms with Gasteiger partial charge in [0, 0.05) is 37.9 Å². The number of benzene rings is 1. The van der Waals surface area contributed by atoms with Crippen molar-refractivity contribution < 1.29 is 28.2 Å². The molecular weight excluding hydrogens is 453 g/mol. The number of nitrogens with one attached hydrogen (secondary N) is 2. The molecule has 2 N–H and O–H groups in total. The zero-order chi connectivity index (χ0) is 24.6. The highest BCUT2D eigenvalue weighted by molar-refractivity contribution is 6.35. The minimum Gasteiger partial charge on any atom is -0.376 e. The van der Waals surface area contributed by atoms with Crippen LogP contribution in [0.1, 0.15) is 69.4 Å². The Labute approximate surface area is 205 Å². The van der Waals surface area contributed by atoms with Gasteiger partial charge in [0.05, 0.1) is 12.2 Å². The normalized spacial score (nSPS) is 23.6. The fraction of sp³-hybridized carbons (Fsp3) is 0.654. The lowest BCUT2D eigenvalue weighted by molar-refractivity contribution is -0.151. The number of hydrogen-bond donors (Lipinski definition) is 2. The maximum Gasteiger partial charge on any atom is 0.312 e. The summed E-state index contributed by atoms with van der Waals surface area (Å²) in [6.45, 7) is 1.49. The van der Waals surface area contributed by atoms with Crippen molar-refractivity contribution in [3.05, 3.63) is 35.6 Å². The van der Waals surface area contributed by atoms with E-state index in [4.69, 9.17) is 9.47 Å². The molecule has 1 aliphatic carbocycles. The topological polar surface area (TPSA) is 97.0 Å². The smallest absolute Gasteiger partial charge is 0.312 e. The molecule has 0 unspecified atom stereocenters. The van der Waals surface area contributed by atoms with Gasteiger partial charge >= 0.3 is 11.8 Å². The Morgan fingerprint density at radius 2 is 1.63 bits per heavy atom. The van der Waals surface area contributed by atoms with E-state index in [0.29, 0.717) is 19.6 Å². The number of carbonyl (C=O) groups is 3. The first-order chi connectivity index (χ1) is 17.0. The molecular formula is C26H36FN3O5. The van der Waals surface area contributed by atoms with E-state index in [9.17, 15) is 18.8 Å². The fourth-order valence-corrected chi connectivity index (χ4v) is 5.20. The largest absolute Gasteiger partial charge is 0.376 e. The first-order valence-electron chi connectivity index (χ1n) is 12.9. The van der Waals surface area contributed by atoms with Gasteiger partial charge in [-0.15, -0.1) is 0 Å². The van der Waals surface area contributed by atoms with E-state index in [1.54, 1.807) is 6.07 Å². The van der Waals surface area contributed by atoms with Crippen molar-refractivity contribution >= 4 is 17.7 Å². The van der Waals surface area contributed by atoms with Crippen LogP contribution in [-0.4, -0.2) is 67.2 Å². The summed E-state index contributed by atoms with van der Waals surface area (Å²) in [6, 6.07) is 4.53. The lowest BCUT2D eigenvalue weighted by Gasteiger charge is -2.33. The van der Waals surface area contributed by atoms with Gasteiger partial charge in [0.25, 0.3) is 0 Å². The Kier molecular flexibility index (Phi) is 9.09. The summed E-state index contributed by atoms with van der Waals surface area (Å²) in [4.78, 5) is 41.3. The number of ether oxygens (including phenoxy) is 2. The second-order valence-electron chi connectivity index (χ2n) is 9.71. The summed E-state index contributed by atoms with van der Waals surface area (Å²) in [6.07, 6.45) is 7.61. The summed E-state index contributed by atoms with van der Waals surface area (Å²) in [5.41, 5.74) is 0.0501. The van der Waals surface area contributed by atoms with Gasteiger partial charge in [0.2, 0.25) is 5.91 Å². The number of hydrogen-bond acceptors (Lipinski definition) is 5. The van der Waals surface area contributed by atoms with Crippen LogP contribution >= 0.6 is 0 Å². The molecule has 1 aromatic carbocycles. The van der Waals surface area contributed by atoms with Crippen molar-refractivity contribution in [1.82, 2.24) is 15.5 Å². The molecule has 192 valence electrons. The van der Waals surface area contributed by atoms with Crippen LogP contribution in [0.15, 0.2) is 24.3 Å². The van der Waals surface area contributed by atoms with Crippen LogP contribution in [0.25, 0.3) is 0 Å². The Balaban J connectivity index is 1.58. The maximum absolute atomic E-state index is 15.0. The van der Waals surface area contributed by atoms with Crippen molar-refractivity contribution in [2.75, 3.05) is 26.3 Å². The van der Waals surface area contributed by atoms with Crippen molar-refractivity contribution in [2.45, 2.75) is 82.1 Å². The molecule has 3 aliphatic rings. The SMILES string of the molecule is O=C(NC1CCCCC1)C(=O)N(C[C@@H]1CCCO1)[C@H](C(=O)NC[C@@H]1CCCO1)c1ccccc1F. The molecule has 3 amide bonds. The van der Waals surface area contributed by atoms with Crippen LogP contribution in [0, 0.1) is 5.82 Å². The molecule has 0 bridgehead atoms. The Bertz CT molecular complexity index is 879. The van der Waals surface area contributed by atoms with Gasteiger partial charge < -0.3 is 25.0 Å². The molecule has 2 saturated heterocycles. The van der Waals surface area contributed by atoms with E-state index < -0.39 is 29.6 Å². The van der Waals surface area contributed by atoms with Crippen LogP contribution in [-0.2, 0) is 23.9 Å². The summed E-state index contributed by atoms with van der Waals surface area (Å²) in [5.74, 6) is -2.75. The van der Waals surface area contributed by atoms with E-state index in [2.05, 4.69) is 10.6 Å². The zero-order valence-electron chi connectivity index (χ0n) is 20.2. The van der Waals surface area contributed by atoms with Crippen molar-refractivity contribution in [3.63, 3.8) is 0 Å². The molecule has 4 rings (SSSR count). The van der Waals surface area contributed by atoms with Gasteiger partial charge in [-0.2, -0.15) is 0 Å². The highest BCUT2D eigenvalue weighted by Crippen LogP contribution is 2.27. The Morgan fingerprint density at radius 1 is 0.943 bits per heavy atom. The second-order valence-corrected chi connectivity index (χ2v) is 9.71. The third-order valence-electron chi connectivity index (χ3n) is 7.11. The van der Waals surface area contributed by atoms with Crippen LogP contribution in [0.2, 0.25) is 0 Å². The molecule has 35 heavy (non-hydrogen) atoms. The van der Waals surface area contributed by atoms with Crippen LogP contribution < -0.4 is 10.6 Å². The van der Waals surface area contributed by atoms with Gasteiger partial charge in [-0.1, -0.05) is 37.5 Å². The third-order valence-corrected chi connectivity index (χ3v) is 7.11. The molecule has 8 nitrogen and oxygen atoms in total. The minimum absolute atomic E-state index is 0.0310. The molecule has 3 atom stereocenters. The molecule has 2 heterocycles. The molecule has 0 aromatic heterocycles. The zero-order valence-corrected chi connectivity index (χ0v) is 20.2. The second kappa shape index (κ2) is 12.4. The van der Waals surface area contributed by atoms with Gasteiger partial charge in [0.15, 0.2) is 0 Å². The highest BCUT2D eigenvalue weighted by Gasteiger charge is 2.39. The van der Waals surface area contributed by atoms with Crippen molar-refractivity contribution in [3.8, 4) is 0 Å². The predicted octanol–water partition coefficient (Wildman–Crippen LogP) is 2.62. The fourth-order valence-electron chi connectivity index (χ4n) is 5.20. The minimum atomic E-state index is -1.30. The van der Waals surface area contributed by atoms with Gasteiger partial charge in [-0.25, -0.2) is 4.39 Å². The Morgan fingerprint density at radius 3 is 2.29 bits per heavy atom. The number of carbonyl (C=O) groups excluding carboxylic acids is 3. The average Bonchev–Trinajstić information content (AvgIpc) is 3.58. The number of amides is 3. The average molecular weight is 490 g/mol. The molecule has 3 fully saturated rings.